The van der Waals surface area contributed by atoms with Crippen molar-refractivity contribution in [2.45, 2.75) is 24.9 Å². The summed E-state index contributed by atoms with van der Waals surface area (Å²) in [6.45, 7) is 0.580. The minimum absolute atomic E-state index is 0.0525. The topological polar surface area (TPSA) is 85.3 Å². The van der Waals surface area contributed by atoms with Crippen LogP contribution in [0.5, 0.6) is 11.5 Å². The lowest BCUT2D eigenvalue weighted by Gasteiger charge is -2.37. The molecule has 4 aromatic rings. The molecular weight excluding hydrogens is 542 g/mol. The molecule has 1 N–H and O–H groups in total. The molecule has 0 spiro atoms. The number of fused-ring (bicyclic) bond motifs is 1. The van der Waals surface area contributed by atoms with Crippen molar-refractivity contribution in [1.29, 1.82) is 0 Å². The van der Waals surface area contributed by atoms with E-state index < -0.39 is 5.60 Å². The summed E-state index contributed by atoms with van der Waals surface area (Å²) in [5.74, 6) is 0.851. The molecule has 0 saturated heterocycles. The second-order valence-electron chi connectivity index (χ2n) is 10.7. The number of aliphatic hydroxyl groups excluding tert-OH is 1. The van der Waals surface area contributed by atoms with E-state index in [1.807, 2.05) is 78.9 Å². The summed E-state index contributed by atoms with van der Waals surface area (Å²) in [5.41, 5.74) is 2.76. The zero-order chi connectivity index (χ0) is 30.2. The van der Waals surface area contributed by atoms with Crippen LogP contribution in [0.25, 0.3) is 0 Å². The standard InChI is InChI=1S/C36H37NO6/c1-41-30-19-15-28(16-20-30)36(27-11-4-3-5-12-27,29-17-21-31(42-2)22-18-29)43-25-26(24-38)10-8-9-23-37-34(39)32-13-6-7-14-33(32)35(37)40/h3-7,11-22,26,38H,8-10,23-25H2,1-2H3. The van der Waals surface area contributed by atoms with Crippen LogP contribution < -0.4 is 9.47 Å². The molecule has 1 atom stereocenters. The number of imide groups is 1. The van der Waals surface area contributed by atoms with Gasteiger partial charge in [0.25, 0.3) is 11.8 Å². The van der Waals surface area contributed by atoms with Crippen molar-refractivity contribution in [2.24, 2.45) is 5.92 Å². The minimum atomic E-state index is -0.965. The van der Waals surface area contributed by atoms with Gasteiger partial charge in [-0.05, 0) is 65.9 Å². The van der Waals surface area contributed by atoms with Crippen molar-refractivity contribution in [3.8, 4) is 11.5 Å². The van der Waals surface area contributed by atoms with E-state index in [2.05, 4.69) is 0 Å². The number of methoxy groups -OCH3 is 2. The molecule has 222 valence electrons. The van der Waals surface area contributed by atoms with E-state index in [0.29, 0.717) is 30.5 Å². The van der Waals surface area contributed by atoms with Gasteiger partial charge in [0.05, 0.1) is 32.0 Å². The first-order chi connectivity index (χ1) is 21.0. The van der Waals surface area contributed by atoms with Gasteiger partial charge in [-0.1, -0.05) is 73.2 Å². The van der Waals surface area contributed by atoms with Gasteiger partial charge in [-0.25, -0.2) is 0 Å². The van der Waals surface area contributed by atoms with E-state index in [4.69, 9.17) is 14.2 Å². The maximum absolute atomic E-state index is 12.7. The van der Waals surface area contributed by atoms with Crippen LogP contribution in [0.1, 0.15) is 56.7 Å². The Bertz CT molecular complexity index is 1440. The number of hydrogen-bond acceptors (Lipinski definition) is 6. The Hall–Kier alpha value is -4.46. The quantitative estimate of drug-likeness (QED) is 0.111. The Morgan fingerprint density at radius 3 is 1.65 bits per heavy atom. The lowest BCUT2D eigenvalue weighted by molar-refractivity contribution is -0.0206. The molecule has 5 rings (SSSR count). The number of aliphatic hydroxyl groups is 1. The molecule has 1 aliphatic heterocycles. The number of nitrogens with zero attached hydrogens (tertiary/aromatic N) is 1. The first kappa shape index (κ1) is 30.0. The molecular formula is C36H37NO6. The van der Waals surface area contributed by atoms with Crippen molar-refractivity contribution in [2.75, 3.05) is 34.0 Å². The Morgan fingerprint density at radius 1 is 0.674 bits per heavy atom. The Morgan fingerprint density at radius 2 is 1.16 bits per heavy atom. The predicted octanol–water partition coefficient (Wildman–Crippen LogP) is 6.09. The molecule has 43 heavy (non-hydrogen) atoms. The van der Waals surface area contributed by atoms with Crippen LogP contribution in [0, 0.1) is 5.92 Å². The number of ether oxygens (including phenoxy) is 3. The molecule has 1 heterocycles. The Kier molecular flexibility index (Phi) is 9.55. The molecule has 0 radical (unpaired) electrons. The van der Waals surface area contributed by atoms with E-state index in [9.17, 15) is 14.7 Å². The number of rotatable bonds is 14. The number of carbonyl (C=O) groups is 2. The fourth-order valence-electron chi connectivity index (χ4n) is 5.69. The van der Waals surface area contributed by atoms with Crippen LogP contribution in [0.4, 0.5) is 0 Å². The van der Waals surface area contributed by atoms with Crippen molar-refractivity contribution >= 4 is 11.8 Å². The summed E-state index contributed by atoms with van der Waals surface area (Å²) >= 11 is 0. The van der Waals surface area contributed by atoms with Gasteiger partial charge in [-0.2, -0.15) is 0 Å². The molecule has 1 unspecified atom stereocenters. The molecule has 0 bridgehead atoms. The van der Waals surface area contributed by atoms with Gasteiger partial charge in [0, 0.05) is 19.1 Å². The van der Waals surface area contributed by atoms with E-state index in [1.165, 1.54) is 4.90 Å². The van der Waals surface area contributed by atoms with Gasteiger partial charge < -0.3 is 19.3 Å². The largest absolute Gasteiger partial charge is 0.497 e. The lowest BCUT2D eigenvalue weighted by Crippen LogP contribution is -2.35. The van der Waals surface area contributed by atoms with E-state index in [1.54, 1.807) is 38.5 Å². The molecule has 4 aromatic carbocycles. The van der Waals surface area contributed by atoms with Crippen molar-refractivity contribution < 1.29 is 28.9 Å². The normalized spacial score (nSPS) is 13.6. The van der Waals surface area contributed by atoms with Crippen LogP contribution in [-0.4, -0.2) is 55.8 Å². The first-order valence-electron chi connectivity index (χ1n) is 14.6. The van der Waals surface area contributed by atoms with Gasteiger partial charge in [0.15, 0.2) is 0 Å². The van der Waals surface area contributed by atoms with Gasteiger partial charge in [-0.15, -0.1) is 0 Å². The highest BCUT2D eigenvalue weighted by Gasteiger charge is 2.39. The third-order valence-corrected chi connectivity index (χ3v) is 8.09. The average molecular weight is 580 g/mol. The van der Waals surface area contributed by atoms with Crippen LogP contribution in [-0.2, 0) is 10.3 Å². The molecule has 0 fully saturated rings. The Labute approximate surface area is 252 Å². The average Bonchev–Trinajstić information content (AvgIpc) is 3.31. The molecule has 0 saturated carbocycles. The van der Waals surface area contributed by atoms with Crippen LogP contribution in [0.2, 0.25) is 0 Å². The van der Waals surface area contributed by atoms with Crippen LogP contribution >= 0.6 is 0 Å². The molecule has 1 aliphatic rings. The summed E-state index contributed by atoms with van der Waals surface area (Å²) in [5, 5.41) is 10.4. The van der Waals surface area contributed by atoms with E-state index >= 15 is 0 Å². The fourth-order valence-corrected chi connectivity index (χ4v) is 5.69. The molecule has 7 heteroatoms. The van der Waals surface area contributed by atoms with Crippen LogP contribution in [0.3, 0.4) is 0 Å². The molecule has 7 nitrogen and oxygen atoms in total. The highest BCUT2D eigenvalue weighted by atomic mass is 16.5. The highest BCUT2D eigenvalue weighted by Crippen LogP contribution is 2.42. The number of amides is 2. The van der Waals surface area contributed by atoms with Gasteiger partial charge in [0.2, 0.25) is 0 Å². The van der Waals surface area contributed by atoms with Gasteiger partial charge >= 0.3 is 0 Å². The summed E-state index contributed by atoms with van der Waals surface area (Å²) in [4.78, 5) is 26.8. The third kappa shape index (κ3) is 6.19. The Balaban J connectivity index is 1.34. The lowest BCUT2D eigenvalue weighted by atomic mass is 9.79. The third-order valence-electron chi connectivity index (χ3n) is 8.09. The summed E-state index contributed by atoms with van der Waals surface area (Å²) < 4.78 is 17.8. The second kappa shape index (κ2) is 13.7. The van der Waals surface area contributed by atoms with Gasteiger partial charge in [0.1, 0.15) is 17.1 Å². The molecule has 0 aliphatic carbocycles. The minimum Gasteiger partial charge on any atom is -0.497 e. The number of hydrogen-bond donors (Lipinski definition) is 1. The predicted molar refractivity (Wildman–Crippen MR) is 164 cm³/mol. The summed E-state index contributed by atoms with van der Waals surface area (Å²) in [7, 11) is 3.28. The van der Waals surface area contributed by atoms with Crippen molar-refractivity contribution in [3.63, 3.8) is 0 Å². The van der Waals surface area contributed by atoms with Gasteiger partial charge in [-0.3, -0.25) is 14.5 Å². The molecule has 0 aromatic heterocycles. The summed E-state index contributed by atoms with van der Waals surface area (Å²) in [6.07, 6.45) is 2.05. The van der Waals surface area contributed by atoms with E-state index in [-0.39, 0.29) is 30.9 Å². The maximum Gasteiger partial charge on any atom is 0.261 e. The SMILES string of the molecule is COc1ccc(C(OCC(CO)CCCCN2C(=O)c3ccccc3C2=O)(c2ccccc2)c2ccc(OC)cc2)cc1. The van der Waals surface area contributed by atoms with Crippen molar-refractivity contribution in [1.82, 2.24) is 4.90 Å². The van der Waals surface area contributed by atoms with Crippen LogP contribution in [0.15, 0.2) is 103 Å². The smallest absolute Gasteiger partial charge is 0.261 e. The molecule has 2 amide bonds. The number of benzene rings is 4. The maximum atomic E-state index is 12.7. The fraction of sp³-hybridized carbons (Fsp3) is 0.278. The number of unbranched alkanes of at least 4 members (excludes halogenated alkanes) is 1. The zero-order valence-corrected chi connectivity index (χ0v) is 24.6. The summed E-state index contributed by atoms with van der Waals surface area (Å²) in [6, 6.07) is 32.7. The van der Waals surface area contributed by atoms with Crippen molar-refractivity contribution in [3.05, 3.63) is 131 Å². The zero-order valence-electron chi connectivity index (χ0n) is 24.6. The number of carbonyl (C=O) groups excluding carboxylic acids is 2. The van der Waals surface area contributed by atoms with E-state index in [0.717, 1.165) is 34.6 Å². The highest BCUT2D eigenvalue weighted by molar-refractivity contribution is 6.21. The monoisotopic (exact) mass is 579 g/mol. The second-order valence-corrected chi connectivity index (χ2v) is 10.7. The first-order valence-corrected chi connectivity index (χ1v) is 14.6.